The Morgan fingerprint density at radius 2 is 2.18 bits per heavy atom. The van der Waals surface area contributed by atoms with Gasteiger partial charge in [0.15, 0.2) is 5.76 Å². The Balaban J connectivity index is 2.01. The molecule has 0 aliphatic heterocycles. The van der Waals surface area contributed by atoms with Crippen molar-refractivity contribution in [2.45, 2.75) is 6.92 Å². The van der Waals surface area contributed by atoms with Crippen molar-refractivity contribution in [1.82, 2.24) is 10.2 Å². The van der Waals surface area contributed by atoms with Crippen LogP contribution in [0.4, 0.5) is 5.82 Å². The molecule has 0 fully saturated rings. The maximum absolute atomic E-state index is 5.75. The van der Waals surface area contributed by atoms with E-state index in [2.05, 4.69) is 15.5 Å². The number of aromatic nitrogens is 2. The number of aromatic amines is 1. The van der Waals surface area contributed by atoms with Gasteiger partial charge in [-0.3, -0.25) is 5.10 Å². The van der Waals surface area contributed by atoms with Crippen molar-refractivity contribution in [3.63, 3.8) is 0 Å². The fourth-order valence-corrected chi connectivity index (χ4v) is 1.83. The first kappa shape index (κ1) is 9.96. The summed E-state index contributed by atoms with van der Waals surface area (Å²) in [6, 6.07) is 11.9. The molecule has 0 atom stereocenters. The van der Waals surface area contributed by atoms with Crippen LogP contribution in [0.1, 0.15) is 6.92 Å². The highest BCUT2D eigenvalue weighted by atomic mass is 16.3. The normalized spacial score (nSPS) is 10.9. The summed E-state index contributed by atoms with van der Waals surface area (Å²) >= 11 is 0. The third-order valence-electron chi connectivity index (χ3n) is 2.63. The van der Waals surface area contributed by atoms with Crippen LogP contribution in [0, 0.1) is 0 Å². The van der Waals surface area contributed by atoms with E-state index in [0.717, 1.165) is 34.8 Å². The molecule has 2 aromatic heterocycles. The van der Waals surface area contributed by atoms with Crippen LogP contribution in [-0.2, 0) is 0 Å². The number of para-hydroxylation sites is 1. The summed E-state index contributed by atoms with van der Waals surface area (Å²) in [5.74, 6) is 1.64. The summed E-state index contributed by atoms with van der Waals surface area (Å²) in [6.45, 7) is 2.89. The Morgan fingerprint density at radius 1 is 1.29 bits per heavy atom. The van der Waals surface area contributed by atoms with Gasteiger partial charge in [-0.2, -0.15) is 5.10 Å². The van der Waals surface area contributed by atoms with E-state index in [1.807, 2.05) is 43.3 Å². The number of hydrogen-bond acceptors (Lipinski definition) is 3. The number of H-pyrrole nitrogens is 1. The van der Waals surface area contributed by atoms with Gasteiger partial charge in [-0.15, -0.1) is 0 Å². The predicted octanol–water partition coefficient (Wildman–Crippen LogP) is 3.25. The zero-order chi connectivity index (χ0) is 11.7. The maximum Gasteiger partial charge on any atom is 0.153 e. The van der Waals surface area contributed by atoms with Crippen LogP contribution in [0.2, 0.25) is 0 Å². The topological polar surface area (TPSA) is 53.9 Å². The summed E-state index contributed by atoms with van der Waals surface area (Å²) in [4.78, 5) is 0. The standard InChI is InChI=1S/C13H13N3O/c1-2-14-13-8-10(15-16-13)12-7-9-5-3-4-6-11(9)17-12/h3-8H,2H2,1H3,(H2,14,15,16). The zero-order valence-electron chi connectivity index (χ0n) is 9.53. The molecule has 0 bridgehead atoms. The largest absolute Gasteiger partial charge is 0.454 e. The number of fused-ring (bicyclic) bond motifs is 1. The van der Waals surface area contributed by atoms with Crippen molar-refractivity contribution < 1.29 is 4.42 Å². The van der Waals surface area contributed by atoms with Crippen LogP contribution in [0.15, 0.2) is 40.8 Å². The number of nitrogens with one attached hydrogen (secondary N) is 2. The molecule has 4 nitrogen and oxygen atoms in total. The number of furan rings is 1. The average Bonchev–Trinajstić information content (AvgIpc) is 2.94. The van der Waals surface area contributed by atoms with E-state index in [1.54, 1.807) is 0 Å². The van der Waals surface area contributed by atoms with Crippen molar-refractivity contribution in [3.05, 3.63) is 36.4 Å². The summed E-state index contributed by atoms with van der Waals surface area (Å²) in [6.07, 6.45) is 0. The van der Waals surface area contributed by atoms with Gasteiger partial charge < -0.3 is 9.73 Å². The molecule has 0 amide bonds. The molecule has 0 aliphatic rings. The van der Waals surface area contributed by atoms with Crippen molar-refractivity contribution >= 4 is 16.8 Å². The van der Waals surface area contributed by atoms with Gasteiger partial charge in [-0.05, 0) is 19.1 Å². The highest BCUT2D eigenvalue weighted by molar-refractivity contribution is 5.82. The molecule has 86 valence electrons. The molecular weight excluding hydrogens is 214 g/mol. The Kier molecular flexibility index (Phi) is 2.33. The maximum atomic E-state index is 5.75. The first-order valence-corrected chi connectivity index (χ1v) is 5.65. The Labute approximate surface area is 98.6 Å². The molecular formula is C13H13N3O. The van der Waals surface area contributed by atoms with Crippen LogP contribution in [0.3, 0.4) is 0 Å². The lowest BCUT2D eigenvalue weighted by Crippen LogP contribution is -1.95. The van der Waals surface area contributed by atoms with E-state index in [9.17, 15) is 0 Å². The molecule has 1 aromatic carbocycles. The van der Waals surface area contributed by atoms with Crippen LogP contribution in [0.5, 0.6) is 0 Å². The highest BCUT2D eigenvalue weighted by Gasteiger charge is 2.08. The van der Waals surface area contributed by atoms with Gasteiger partial charge in [0.25, 0.3) is 0 Å². The third-order valence-corrected chi connectivity index (χ3v) is 2.63. The van der Waals surface area contributed by atoms with Crippen LogP contribution in [0.25, 0.3) is 22.4 Å². The predicted molar refractivity (Wildman–Crippen MR) is 68.0 cm³/mol. The molecule has 3 aromatic rings. The highest BCUT2D eigenvalue weighted by Crippen LogP contribution is 2.27. The minimum atomic E-state index is 0.808. The van der Waals surface area contributed by atoms with E-state index in [-0.39, 0.29) is 0 Å². The zero-order valence-corrected chi connectivity index (χ0v) is 9.53. The molecule has 2 N–H and O–H groups in total. The second-order valence-corrected chi connectivity index (χ2v) is 3.85. The summed E-state index contributed by atoms with van der Waals surface area (Å²) in [5.41, 5.74) is 1.78. The summed E-state index contributed by atoms with van der Waals surface area (Å²) in [7, 11) is 0. The second kappa shape index (κ2) is 3.97. The van der Waals surface area contributed by atoms with Crippen molar-refractivity contribution in [3.8, 4) is 11.5 Å². The molecule has 0 aliphatic carbocycles. The quantitative estimate of drug-likeness (QED) is 0.722. The molecule has 0 spiro atoms. The van der Waals surface area contributed by atoms with Gasteiger partial charge in [0, 0.05) is 18.0 Å². The van der Waals surface area contributed by atoms with Crippen molar-refractivity contribution in [1.29, 1.82) is 0 Å². The summed E-state index contributed by atoms with van der Waals surface area (Å²) in [5, 5.41) is 11.4. The van der Waals surface area contributed by atoms with E-state index in [1.165, 1.54) is 0 Å². The lowest BCUT2D eigenvalue weighted by molar-refractivity contribution is 0.628. The molecule has 0 radical (unpaired) electrons. The Bertz CT molecular complexity index is 606. The van der Waals surface area contributed by atoms with Gasteiger partial charge in [0.2, 0.25) is 0 Å². The molecule has 0 unspecified atom stereocenters. The second-order valence-electron chi connectivity index (χ2n) is 3.85. The Morgan fingerprint density at radius 3 is 3.00 bits per heavy atom. The number of nitrogens with zero attached hydrogens (tertiary/aromatic N) is 1. The molecule has 4 heteroatoms. The molecule has 3 rings (SSSR count). The lowest BCUT2D eigenvalue weighted by atomic mass is 10.2. The molecule has 0 saturated heterocycles. The molecule has 17 heavy (non-hydrogen) atoms. The van der Waals surface area contributed by atoms with E-state index in [4.69, 9.17) is 4.42 Å². The average molecular weight is 227 g/mol. The minimum absolute atomic E-state index is 0.808. The third kappa shape index (κ3) is 1.78. The Hall–Kier alpha value is -2.23. The number of rotatable bonds is 3. The first-order valence-electron chi connectivity index (χ1n) is 5.65. The van der Waals surface area contributed by atoms with Crippen LogP contribution >= 0.6 is 0 Å². The van der Waals surface area contributed by atoms with E-state index < -0.39 is 0 Å². The van der Waals surface area contributed by atoms with Gasteiger partial charge in [-0.1, -0.05) is 18.2 Å². The number of hydrogen-bond donors (Lipinski definition) is 2. The lowest BCUT2D eigenvalue weighted by Gasteiger charge is -1.92. The van der Waals surface area contributed by atoms with Crippen LogP contribution in [-0.4, -0.2) is 16.7 Å². The van der Waals surface area contributed by atoms with E-state index >= 15 is 0 Å². The van der Waals surface area contributed by atoms with Gasteiger partial charge >= 0.3 is 0 Å². The minimum Gasteiger partial charge on any atom is -0.454 e. The molecule has 0 saturated carbocycles. The summed E-state index contributed by atoms with van der Waals surface area (Å²) < 4.78 is 5.75. The smallest absolute Gasteiger partial charge is 0.153 e. The van der Waals surface area contributed by atoms with Gasteiger partial charge in [-0.25, -0.2) is 0 Å². The number of benzene rings is 1. The van der Waals surface area contributed by atoms with Crippen LogP contribution < -0.4 is 5.32 Å². The SMILES string of the molecule is CCNc1cc(-c2cc3ccccc3o2)[nH]n1. The van der Waals surface area contributed by atoms with Gasteiger partial charge in [0.05, 0.1) is 0 Å². The van der Waals surface area contributed by atoms with Gasteiger partial charge in [0.1, 0.15) is 17.1 Å². The number of anilines is 1. The monoisotopic (exact) mass is 227 g/mol. The van der Waals surface area contributed by atoms with E-state index in [0.29, 0.717) is 0 Å². The van der Waals surface area contributed by atoms with Crippen molar-refractivity contribution in [2.75, 3.05) is 11.9 Å². The molecule has 2 heterocycles. The first-order chi connectivity index (χ1) is 8.36. The van der Waals surface area contributed by atoms with Crippen molar-refractivity contribution in [2.24, 2.45) is 0 Å². The fourth-order valence-electron chi connectivity index (χ4n) is 1.83. The fraction of sp³-hybridized carbons (Fsp3) is 0.154.